The molecule has 8 N–H and O–H groups in total. The van der Waals surface area contributed by atoms with Crippen molar-refractivity contribution >= 4 is 23.8 Å². The van der Waals surface area contributed by atoms with Crippen molar-refractivity contribution in [3.05, 3.63) is 0 Å². The van der Waals surface area contributed by atoms with Crippen LogP contribution in [0, 0.1) is 5.92 Å². The van der Waals surface area contributed by atoms with Gasteiger partial charge in [0.15, 0.2) is 0 Å². The molecule has 0 unspecified atom stereocenters. The highest BCUT2D eigenvalue weighted by atomic mass is 16.4. The summed E-state index contributed by atoms with van der Waals surface area (Å²) in [4.78, 5) is 46.3. The number of nitrogens with one attached hydrogen (secondary N) is 2. The van der Waals surface area contributed by atoms with E-state index in [0.29, 0.717) is 19.4 Å². The lowest BCUT2D eigenvalue weighted by molar-refractivity contribution is -0.143. The molecule has 0 heterocycles. The summed E-state index contributed by atoms with van der Waals surface area (Å²) in [5.74, 6) is -3.86. The fraction of sp³-hybridized carbons (Fsp3) is 0.750. The average molecular weight is 374 g/mol. The first-order valence-corrected chi connectivity index (χ1v) is 8.61. The SMILES string of the molecule is CC(C)[C@H](NC(=O)[C@H](CCCCN)NC(=O)[C@@H](N)CCC(=O)O)C(=O)O. The second kappa shape index (κ2) is 12.2. The van der Waals surface area contributed by atoms with E-state index in [-0.39, 0.29) is 25.2 Å². The van der Waals surface area contributed by atoms with Gasteiger partial charge in [0.2, 0.25) is 11.8 Å². The molecule has 0 aromatic carbocycles. The zero-order valence-electron chi connectivity index (χ0n) is 15.2. The Labute approximate surface area is 152 Å². The molecule has 10 nitrogen and oxygen atoms in total. The van der Waals surface area contributed by atoms with Gasteiger partial charge in [0.05, 0.1) is 6.04 Å². The van der Waals surface area contributed by atoms with Crippen molar-refractivity contribution < 1.29 is 29.4 Å². The van der Waals surface area contributed by atoms with Crippen LogP contribution >= 0.6 is 0 Å². The van der Waals surface area contributed by atoms with Gasteiger partial charge in [0, 0.05) is 6.42 Å². The van der Waals surface area contributed by atoms with Gasteiger partial charge < -0.3 is 32.3 Å². The summed E-state index contributed by atoms with van der Waals surface area (Å²) >= 11 is 0. The first kappa shape index (κ1) is 23.8. The highest BCUT2D eigenvalue weighted by Gasteiger charge is 2.29. The molecule has 0 fully saturated rings. The minimum absolute atomic E-state index is 0.0674. The molecule has 0 aromatic heterocycles. The van der Waals surface area contributed by atoms with Crippen LogP contribution in [0.3, 0.4) is 0 Å². The lowest BCUT2D eigenvalue weighted by atomic mass is 10.0. The van der Waals surface area contributed by atoms with Crippen molar-refractivity contribution in [1.82, 2.24) is 10.6 Å². The lowest BCUT2D eigenvalue weighted by Gasteiger charge is -2.24. The molecular formula is C16H30N4O6. The molecular weight excluding hydrogens is 344 g/mol. The van der Waals surface area contributed by atoms with Gasteiger partial charge in [-0.25, -0.2) is 4.79 Å². The molecule has 0 spiro atoms. The third-order valence-electron chi connectivity index (χ3n) is 3.82. The Morgan fingerprint density at radius 3 is 2.04 bits per heavy atom. The van der Waals surface area contributed by atoms with Crippen LogP contribution in [-0.2, 0) is 19.2 Å². The Hall–Kier alpha value is -2.20. The molecule has 0 aliphatic heterocycles. The third kappa shape index (κ3) is 9.33. The Balaban J connectivity index is 4.96. The minimum Gasteiger partial charge on any atom is -0.481 e. The normalized spacial score (nSPS) is 14.3. The number of carboxylic acids is 2. The van der Waals surface area contributed by atoms with E-state index in [0.717, 1.165) is 0 Å². The quantitative estimate of drug-likeness (QED) is 0.222. The first-order valence-electron chi connectivity index (χ1n) is 8.61. The lowest BCUT2D eigenvalue weighted by Crippen LogP contribution is -2.55. The molecule has 0 rings (SSSR count). The smallest absolute Gasteiger partial charge is 0.326 e. The van der Waals surface area contributed by atoms with E-state index >= 15 is 0 Å². The van der Waals surface area contributed by atoms with Crippen LogP contribution in [0.2, 0.25) is 0 Å². The Morgan fingerprint density at radius 2 is 1.58 bits per heavy atom. The van der Waals surface area contributed by atoms with Crippen molar-refractivity contribution in [3.8, 4) is 0 Å². The number of hydrogen-bond acceptors (Lipinski definition) is 6. The number of rotatable bonds is 13. The van der Waals surface area contributed by atoms with Gasteiger partial charge in [-0.15, -0.1) is 0 Å². The van der Waals surface area contributed by atoms with Gasteiger partial charge in [-0.2, -0.15) is 0 Å². The van der Waals surface area contributed by atoms with Crippen LogP contribution in [0.5, 0.6) is 0 Å². The number of carbonyl (C=O) groups is 4. The maximum Gasteiger partial charge on any atom is 0.326 e. The fourth-order valence-corrected chi connectivity index (χ4v) is 2.22. The van der Waals surface area contributed by atoms with Crippen LogP contribution in [0.1, 0.15) is 46.0 Å². The van der Waals surface area contributed by atoms with Gasteiger partial charge in [0.1, 0.15) is 12.1 Å². The highest BCUT2D eigenvalue weighted by molar-refractivity contribution is 5.91. The second-order valence-corrected chi connectivity index (χ2v) is 6.45. The Bertz CT molecular complexity index is 497. The molecule has 2 amide bonds. The molecule has 0 radical (unpaired) electrons. The van der Waals surface area contributed by atoms with Crippen LogP contribution in [0.4, 0.5) is 0 Å². The molecule has 150 valence electrons. The summed E-state index contributed by atoms with van der Waals surface area (Å²) in [5.41, 5.74) is 11.1. The topological polar surface area (TPSA) is 185 Å². The zero-order chi connectivity index (χ0) is 20.3. The van der Waals surface area contributed by atoms with E-state index < -0.39 is 41.9 Å². The van der Waals surface area contributed by atoms with Crippen LogP contribution in [0.15, 0.2) is 0 Å². The molecule has 0 aliphatic carbocycles. The molecule has 10 heteroatoms. The number of hydrogen-bond donors (Lipinski definition) is 6. The molecule has 0 aliphatic rings. The molecule has 0 saturated carbocycles. The molecule has 0 bridgehead atoms. The molecule has 26 heavy (non-hydrogen) atoms. The van der Waals surface area contributed by atoms with Crippen LogP contribution in [0.25, 0.3) is 0 Å². The average Bonchev–Trinajstić information content (AvgIpc) is 2.55. The third-order valence-corrected chi connectivity index (χ3v) is 3.82. The monoisotopic (exact) mass is 374 g/mol. The van der Waals surface area contributed by atoms with Crippen molar-refractivity contribution in [2.45, 2.75) is 64.1 Å². The summed E-state index contributed by atoms with van der Waals surface area (Å²) in [7, 11) is 0. The second-order valence-electron chi connectivity index (χ2n) is 6.45. The van der Waals surface area contributed by atoms with Gasteiger partial charge in [-0.05, 0) is 38.1 Å². The maximum absolute atomic E-state index is 12.4. The van der Waals surface area contributed by atoms with E-state index in [4.69, 9.17) is 16.6 Å². The molecule has 3 atom stereocenters. The van der Waals surface area contributed by atoms with E-state index in [1.165, 1.54) is 0 Å². The largest absolute Gasteiger partial charge is 0.481 e. The Kier molecular flexibility index (Phi) is 11.2. The van der Waals surface area contributed by atoms with Gasteiger partial charge in [-0.1, -0.05) is 13.8 Å². The van der Waals surface area contributed by atoms with E-state index in [2.05, 4.69) is 10.6 Å². The maximum atomic E-state index is 12.4. The van der Waals surface area contributed by atoms with Crippen LogP contribution < -0.4 is 22.1 Å². The summed E-state index contributed by atoms with van der Waals surface area (Å²) in [5, 5.41) is 22.7. The highest BCUT2D eigenvalue weighted by Crippen LogP contribution is 2.06. The summed E-state index contributed by atoms with van der Waals surface area (Å²) in [6.07, 6.45) is 1.12. The van der Waals surface area contributed by atoms with Gasteiger partial charge in [-0.3, -0.25) is 14.4 Å². The van der Waals surface area contributed by atoms with E-state index in [1.54, 1.807) is 13.8 Å². The summed E-state index contributed by atoms with van der Waals surface area (Å²) < 4.78 is 0. The molecule has 0 aromatic rings. The zero-order valence-corrected chi connectivity index (χ0v) is 15.2. The van der Waals surface area contributed by atoms with Gasteiger partial charge >= 0.3 is 11.9 Å². The number of carboxylic acid groups (broad SMARTS) is 2. The predicted molar refractivity (Wildman–Crippen MR) is 94.1 cm³/mol. The standard InChI is InChI=1S/C16H30N4O6/c1-9(2)13(16(25)26)20-15(24)11(5-3-4-8-17)19-14(23)10(18)6-7-12(21)22/h9-11,13H,3-8,17-18H2,1-2H3,(H,19,23)(H,20,24)(H,21,22)(H,25,26)/t10-,11-,13-/m0/s1. The fourth-order valence-electron chi connectivity index (χ4n) is 2.22. The number of amides is 2. The van der Waals surface area contributed by atoms with Crippen molar-refractivity contribution in [1.29, 1.82) is 0 Å². The van der Waals surface area contributed by atoms with Crippen molar-refractivity contribution in [2.75, 3.05) is 6.54 Å². The number of carbonyl (C=O) groups excluding carboxylic acids is 2. The number of unbranched alkanes of at least 4 members (excludes halogenated alkanes) is 1. The van der Waals surface area contributed by atoms with Gasteiger partial charge in [0.25, 0.3) is 0 Å². The van der Waals surface area contributed by atoms with Crippen molar-refractivity contribution in [3.63, 3.8) is 0 Å². The number of nitrogens with two attached hydrogens (primary N) is 2. The van der Waals surface area contributed by atoms with E-state index in [9.17, 15) is 24.3 Å². The summed E-state index contributed by atoms with van der Waals surface area (Å²) in [6, 6.07) is -3.13. The molecule has 0 saturated heterocycles. The predicted octanol–water partition coefficient (Wildman–Crippen LogP) is -0.982. The minimum atomic E-state index is -1.17. The van der Waals surface area contributed by atoms with Crippen LogP contribution in [-0.4, -0.2) is 58.6 Å². The first-order chi connectivity index (χ1) is 12.1. The summed E-state index contributed by atoms with van der Waals surface area (Å²) in [6.45, 7) is 3.73. The van der Waals surface area contributed by atoms with Crippen molar-refractivity contribution in [2.24, 2.45) is 17.4 Å². The van der Waals surface area contributed by atoms with E-state index in [1.807, 2.05) is 0 Å². The number of aliphatic carboxylic acids is 2. The Morgan fingerprint density at radius 1 is 0.962 bits per heavy atom.